The fourth-order valence-electron chi connectivity index (χ4n) is 2.46. The summed E-state index contributed by atoms with van der Waals surface area (Å²) in [6.45, 7) is 8.46. The number of hydrogen-bond donors (Lipinski definition) is 0. The summed E-state index contributed by atoms with van der Waals surface area (Å²) in [5.74, 6) is 1.75. The molecule has 0 spiro atoms. The Bertz CT molecular complexity index is 613. The van der Waals surface area contributed by atoms with Crippen molar-refractivity contribution in [3.05, 3.63) is 53.2 Å². The van der Waals surface area contributed by atoms with E-state index in [2.05, 4.69) is 43.0 Å². The first kappa shape index (κ1) is 15.5. The predicted octanol–water partition coefficient (Wildman–Crippen LogP) is 5.12. The second-order valence-corrected chi connectivity index (χ2v) is 5.52. The van der Waals surface area contributed by atoms with Gasteiger partial charge in [0.25, 0.3) is 0 Å². The van der Waals surface area contributed by atoms with E-state index in [0.717, 1.165) is 23.4 Å². The predicted molar refractivity (Wildman–Crippen MR) is 86.2 cm³/mol. The molecule has 0 unspecified atom stereocenters. The molecule has 0 fully saturated rings. The number of rotatable bonds is 6. The smallest absolute Gasteiger partial charge is 0.229 e. The summed E-state index contributed by atoms with van der Waals surface area (Å²) in [6, 6.07) is 8.28. The number of unbranched alkanes of at least 4 members (excludes halogenated alkanes) is 1. The number of aryl methyl sites for hydroxylation is 1. The highest BCUT2D eigenvalue weighted by atomic mass is 16.5. The van der Waals surface area contributed by atoms with Gasteiger partial charge in [-0.2, -0.15) is 4.98 Å². The van der Waals surface area contributed by atoms with Crippen LogP contribution < -0.4 is 0 Å². The van der Waals surface area contributed by atoms with E-state index in [0.29, 0.717) is 11.7 Å². The minimum absolute atomic E-state index is 0.321. The maximum absolute atomic E-state index is 5.47. The van der Waals surface area contributed by atoms with Gasteiger partial charge in [0.05, 0.1) is 0 Å². The quantitative estimate of drug-likeness (QED) is 0.738. The molecule has 0 amide bonds. The Labute approximate surface area is 127 Å². The highest BCUT2D eigenvalue weighted by molar-refractivity contribution is 5.77. The first-order valence-electron chi connectivity index (χ1n) is 7.73. The average molecular weight is 284 g/mol. The number of nitrogens with zero attached hydrogens (tertiary/aromatic N) is 2. The third-order valence-electron chi connectivity index (χ3n) is 3.82. The number of benzene rings is 1. The van der Waals surface area contributed by atoms with Gasteiger partial charge < -0.3 is 4.52 Å². The largest absolute Gasteiger partial charge is 0.339 e. The lowest BCUT2D eigenvalue weighted by atomic mass is 10.00. The van der Waals surface area contributed by atoms with Crippen LogP contribution in [0.15, 0.2) is 34.9 Å². The van der Waals surface area contributed by atoms with Crippen LogP contribution in [0.25, 0.3) is 5.57 Å². The summed E-state index contributed by atoms with van der Waals surface area (Å²) in [6.07, 6.45) is 5.52. The Hall–Kier alpha value is -1.90. The molecule has 0 aliphatic carbocycles. The van der Waals surface area contributed by atoms with Gasteiger partial charge in [-0.15, -0.1) is 0 Å². The van der Waals surface area contributed by atoms with E-state index in [-0.39, 0.29) is 0 Å². The second-order valence-electron chi connectivity index (χ2n) is 5.52. The van der Waals surface area contributed by atoms with Crippen molar-refractivity contribution in [1.29, 1.82) is 0 Å². The molecule has 1 atom stereocenters. The highest BCUT2D eigenvalue weighted by Crippen LogP contribution is 2.26. The SMILES string of the molecule is C/C=C(/c1noc([C@@H](C)CCCC)n1)c1ccccc1C. The van der Waals surface area contributed by atoms with Gasteiger partial charge in [-0.25, -0.2) is 0 Å². The topological polar surface area (TPSA) is 38.9 Å². The van der Waals surface area contributed by atoms with Crippen molar-refractivity contribution in [3.8, 4) is 0 Å². The summed E-state index contributed by atoms with van der Waals surface area (Å²) in [7, 11) is 0. The molecule has 3 nitrogen and oxygen atoms in total. The molecule has 1 aromatic heterocycles. The van der Waals surface area contributed by atoms with E-state index in [9.17, 15) is 0 Å². The Morgan fingerprint density at radius 3 is 2.76 bits per heavy atom. The van der Waals surface area contributed by atoms with E-state index in [1.54, 1.807) is 0 Å². The van der Waals surface area contributed by atoms with Crippen molar-refractivity contribution in [2.75, 3.05) is 0 Å². The molecular formula is C18H24N2O. The van der Waals surface area contributed by atoms with Crippen LogP contribution in [0.4, 0.5) is 0 Å². The maximum atomic E-state index is 5.47. The lowest BCUT2D eigenvalue weighted by Crippen LogP contribution is -1.96. The fraction of sp³-hybridized carbons (Fsp3) is 0.444. The van der Waals surface area contributed by atoms with Crippen LogP contribution in [0.2, 0.25) is 0 Å². The average Bonchev–Trinajstić information content (AvgIpc) is 2.97. The van der Waals surface area contributed by atoms with Crippen LogP contribution in [0.3, 0.4) is 0 Å². The third kappa shape index (κ3) is 3.60. The third-order valence-corrected chi connectivity index (χ3v) is 3.82. The van der Waals surface area contributed by atoms with Crippen molar-refractivity contribution in [3.63, 3.8) is 0 Å². The first-order valence-corrected chi connectivity index (χ1v) is 7.73. The van der Waals surface area contributed by atoms with E-state index in [1.807, 2.05) is 25.1 Å². The standard InChI is InChI=1S/C18H24N2O/c1-5-7-10-14(4)18-19-17(20-21-18)15(6-2)16-12-9-8-11-13(16)3/h6,8-9,11-12,14H,5,7,10H2,1-4H3/b15-6+/t14-/m0/s1. The molecule has 1 heterocycles. The molecule has 0 saturated heterocycles. The van der Waals surface area contributed by atoms with Crippen LogP contribution in [-0.4, -0.2) is 10.1 Å². The molecule has 112 valence electrons. The van der Waals surface area contributed by atoms with Gasteiger partial charge in [0.1, 0.15) is 0 Å². The van der Waals surface area contributed by atoms with Crippen LogP contribution in [0.5, 0.6) is 0 Å². The minimum atomic E-state index is 0.321. The molecule has 0 N–H and O–H groups in total. The van der Waals surface area contributed by atoms with Gasteiger partial charge >= 0.3 is 0 Å². The Kier molecular flexibility index (Phi) is 5.32. The Morgan fingerprint density at radius 1 is 1.33 bits per heavy atom. The van der Waals surface area contributed by atoms with Crippen LogP contribution in [0, 0.1) is 6.92 Å². The van der Waals surface area contributed by atoms with Crippen molar-refractivity contribution in [2.45, 2.75) is 52.9 Å². The lowest BCUT2D eigenvalue weighted by Gasteiger charge is -2.06. The van der Waals surface area contributed by atoms with E-state index >= 15 is 0 Å². The minimum Gasteiger partial charge on any atom is -0.339 e. The zero-order valence-corrected chi connectivity index (χ0v) is 13.4. The zero-order valence-electron chi connectivity index (χ0n) is 13.4. The van der Waals surface area contributed by atoms with Gasteiger partial charge in [0.15, 0.2) is 0 Å². The van der Waals surface area contributed by atoms with Gasteiger partial charge in [-0.1, -0.05) is 62.2 Å². The molecule has 2 rings (SSSR count). The van der Waals surface area contributed by atoms with Crippen LogP contribution >= 0.6 is 0 Å². The molecule has 0 radical (unpaired) electrons. The number of aromatic nitrogens is 2. The number of hydrogen-bond acceptors (Lipinski definition) is 3. The molecule has 21 heavy (non-hydrogen) atoms. The zero-order chi connectivity index (χ0) is 15.2. The molecule has 3 heteroatoms. The van der Waals surface area contributed by atoms with Gasteiger partial charge in [0, 0.05) is 11.5 Å². The van der Waals surface area contributed by atoms with Crippen molar-refractivity contribution in [1.82, 2.24) is 10.1 Å². The van der Waals surface area contributed by atoms with Gasteiger partial charge in [0.2, 0.25) is 11.7 Å². The molecule has 1 aromatic carbocycles. The first-order chi connectivity index (χ1) is 10.2. The van der Waals surface area contributed by atoms with Crippen LogP contribution in [0.1, 0.15) is 68.8 Å². The van der Waals surface area contributed by atoms with Crippen molar-refractivity contribution in [2.24, 2.45) is 0 Å². The van der Waals surface area contributed by atoms with E-state index in [1.165, 1.54) is 18.4 Å². The molecule has 0 aliphatic rings. The van der Waals surface area contributed by atoms with Crippen LogP contribution in [-0.2, 0) is 0 Å². The molecule has 0 aliphatic heterocycles. The highest BCUT2D eigenvalue weighted by Gasteiger charge is 2.17. The fourth-order valence-corrected chi connectivity index (χ4v) is 2.46. The monoisotopic (exact) mass is 284 g/mol. The molecular weight excluding hydrogens is 260 g/mol. The van der Waals surface area contributed by atoms with Crippen molar-refractivity contribution < 1.29 is 4.52 Å². The summed E-state index contributed by atoms with van der Waals surface area (Å²) < 4.78 is 5.47. The summed E-state index contributed by atoms with van der Waals surface area (Å²) in [5.41, 5.74) is 3.41. The molecule has 2 aromatic rings. The Balaban J connectivity index is 2.25. The molecule has 0 saturated carbocycles. The van der Waals surface area contributed by atoms with E-state index < -0.39 is 0 Å². The van der Waals surface area contributed by atoms with Gasteiger partial charge in [-0.3, -0.25) is 0 Å². The lowest BCUT2D eigenvalue weighted by molar-refractivity contribution is 0.350. The van der Waals surface area contributed by atoms with E-state index in [4.69, 9.17) is 4.52 Å². The molecule has 0 bridgehead atoms. The number of allylic oxidation sites excluding steroid dienone is 1. The summed E-state index contributed by atoms with van der Waals surface area (Å²) in [4.78, 5) is 4.61. The van der Waals surface area contributed by atoms with Gasteiger partial charge in [-0.05, 0) is 31.4 Å². The summed E-state index contributed by atoms with van der Waals surface area (Å²) in [5, 5.41) is 4.18. The second kappa shape index (κ2) is 7.21. The Morgan fingerprint density at radius 2 is 2.10 bits per heavy atom. The summed E-state index contributed by atoms with van der Waals surface area (Å²) >= 11 is 0. The van der Waals surface area contributed by atoms with Crippen molar-refractivity contribution >= 4 is 5.57 Å². The normalized spacial score (nSPS) is 13.4. The maximum Gasteiger partial charge on any atom is 0.229 e.